The van der Waals surface area contributed by atoms with Gasteiger partial charge in [-0.05, 0) is 5.92 Å². The van der Waals surface area contributed by atoms with Crippen LogP contribution in [0.1, 0.15) is 6.92 Å². The first-order chi connectivity index (χ1) is 3.83. The lowest BCUT2D eigenvalue weighted by Gasteiger charge is -2.34. The van der Waals surface area contributed by atoms with Gasteiger partial charge in [0, 0.05) is 13.1 Å². The highest BCUT2D eigenvalue weighted by atomic mass is 15.2. The molecular weight excluding hydrogens is 100 g/mol. The Morgan fingerprint density at radius 1 is 1.75 bits per heavy atom. The van der Waals surface area contributed by atoms with E-state index in [1.165, 1.54) is 0 Å². The standard InChI is InChI=1S/C6H10N2/c1-6-4-8(5-6)3-2-7/h6H,3-5H2,1H3. The van der Waals surface area contributed by atoms with Crippen molar-refractivity contribution >= 4 is 0 Å². The zero-order valence-electron chi connectivity index (χ0n) is 5.09. The van der Waals surface area contributed by atoms with Crippen LogP contribution < -0.4 is 0 Å². The molecule has 0 aromatic rings. The monoisotopic (exact) mass is 110 g/mol. The van der Waals surface area contributed by atoms with Crippen molar-refractivity contribution < 1.29 is 0 Å². The van der Waals surface area contributed by atoms with Crippen molar-refractivity contribution in [3.05, 3.63) is 0 Å². The largest absolute Gasteiger partial charge is 0.290 e. The van der Waals surface area contributed by atoms with Crippen molar-refractivity contribution in [2.75, 3.05) is 19.6 Å². The SMILES string of the molecule is CC1CN(CC#N)C1. The predicted octanol–water partition coefficient (Wildman–Crippen LogP) is 0.462. The van der Waals surface area contributed by atoms with Crippen LogP contribution in [0, 0.1) is 17.2 Å². The molecular formula is C6H10N2. The van der Waals surface area contributed by atoms with Crippen LogP contribution in [0.25, 0.3) is 0 Å². The molecule has 0 aromatic heterocycles. The van der Waals surface area contributed by atoms with Crippen LogP contribution in [0.3, 0.4) is 0 Å². The summed E-state index contributed by atoms with van der Waals surface area (Å²) < 4.78 is 0. The molecule has 0 unspecified atom stereocenters. The molecule has 44 valence electrons. The van der Waals surface area contributed by atoms with Gasteiger partial charge in [0.1, 0.15) is 0 Å². The van der Waals surface area contributed by atoms with Gasteiger partial charge in [-0.1, -0.05) is 6.92 Å². The predicted molar refractivity (Wildman–Crippen MR) is 31.2 cm³/mol. The van der Waals surface area contributed by atoms with Crippen LogP contribution in [-0.2, 0) is 0 Å². The number of rotatable bonds is 1. The molecule has 1 aliphatic heterocycles. The number of likely N-dealkylation sites (tertiary alicyclic amines) is 1. The molecule has 0 saturated carbocycles. The van der Waals surface area contributed by atoms with Gasteiger partial charge in [-0.25, -0.2) is 0 Å². The normalized spacial score (nSPS) is 22.0. The van der Waals surface area contributed by atoms with Gasteiger partial charge in [0.15, 0.2) is 0 Å². The third-order valence-corrected chi connectivity index (χ3v) is 1.43. The maximum atomic E-state index is 8.20. The summed E-state index contributed by atoms with van der Waals surface area (Å²) in [4.78, 5) is 2.14. The van der Waals surface area contributed by atoms with E-state index in [9.17, 15) is 0 Å². The minimum atomic E-state index is 0.615. The minimum absolute atomic E-state index is 0.615. The van der Waals surface area contributed by atoms with E-state index in [0.29, 0.717) is 6.54 Å². The number of nitriles is 1. The van der Waals surface area contributed by atoms with Crippen LogP contribution in [0.5, 0.6) is 0 Å². The molecule has 0 bridgehead atoms. The Morgan fingerprint density at radius 2 is 2.38 bits per heavy atom. The van der Waals surface area contributed by atoms with Crippen molar-refractivity contribution in [1.82, 2.24) is 4.90 Å². The molecule has 1 saturated heterocycles. The van der Waals surface area contributed by atoms with Crippen LogP contribution in [0.4, 0.5) is 0 Å². The summed E-state index contributed by atoms with van der Waals surface area (Å²) in [5.41, 5.74) is 0. The fraction of sp³-hybridized carbons (Fsp3) is 0.833. The highest BCUT2D eigenvalue weighted by Crippen LogP contribution is 2.11. The molecule has 1 fully saturated rings. The zero-order chi connectivity index (χ0) is 5.98. The fourth-order valence-electron chi connectivity index (χ4n) is 1.06. The third-order valence-electron chi connectivity index (χ3n) is 1.43. The molecule has 8 heavy (non-hydrogen) atoms. The molecule has 1 rings (SSSR count). The molecule has 0 spiro atoms. The number of hydrogen-bond donors (Lipinski definition) is 0. The van der Waals surface area contributed by atoms with Crippen molar-refractivity contribution in [1.29, 1.82) is 5.26 Å². The summed E-state index contributed by atoms with van der Waals surface area (Å²) in [7, 11) is 0. The maximum absolute atomic E-state index is 8.20. The van der Waals surface area contributed by atoms with Crippen molar-refractivity contribution in [3.63, 3.8) is 0 Å². The second kappa shape index (κ2) is 2.15. The Balaban J connectivity index is 2.09. The van der Waals surface area contributed by atoms with E-state index in [1.807, 2.05) is 0 Å². The third kappa shape index (κ3) is 0.988. The van der Waals surface area contributed by atoms with E-state index in [2.05, 4.69) is 17.9 Å². The van der Waals surface area contributed by atoms with Gasteiger partial charge in [0.25, 0.3) is 0 Å². The van der Waals surface area contributed by atoms with E-state index >= 15 is 0 Å². The average Bonchev–Trinajstić information content (AvgIpc) is 1.64. The van der Waals surface area contributed by atoms with E-state index in [-0.39, 0.29) is 0 Å². The van der Waals surface area contributed by atoms with Gasteiger partial charge >= 0.3 is 0 Å². The Morgan fingerprint density at radius 3 is 2.75 bits per heavy atom. The van der Waals surface area contributed by atoms with Gasteiger partial charge in [-0.15, -0.1) is 0 Å². The van der Waals surface area contributed by atoms with Gasteiger partial charge in [0.2, 0.25) is 0 Å². The van der Waals surface area contributed by atoms with Gasteiger partial charge in [0.05, 0.1) is 12.6 Å². The molecule has 0 atom stereocenters. The highest BCUT2D eigenvalue weighted by molar-refractivity contribution is 4.84. The first kappa shape index (κ1) is 5.58. The van der Waals surface area contributed by atoms with E-state index < -0.39 is 0 Å². The first-order valence-corrected chi connectivity index (χ1v) is 2.92. The second-order valence-electron chi connectivity index (χ2n) is 2.46. The summed E-state index contributed by atoms with van der Waals surface area (Å²) in [5, 5.41) is 8.20. The fourth-order valence-corrected chi connectivity index (χ4v) is 1.06. The Labute approximate surface area is 49.7 Å². The average molecular weight is 110 g/mol. The first-order valence-electron chi connectivity index (χ1n) is 2.92. The Bertz CT molecular complexity index is 108. The zero-order valence-corrected chi connectivity index (χ0v) is 5.09. The molecule has 0 radical (unpaired) electrons. The van der Waals surface area contributed by atoms with Crippen LogP contribution >= 0.6 is 0 Å². The number of hydrogen-bond acceptors (Lipinski definition) is 2. The highest BCUT2D eigenvalue weighted by Gasteiger charge is 2.20. The van der Waals surface area contributed by atoms with E-state index in [1.54, 1.807) is 0 Å². The molecule has 0 aromatic carbocycles. The van der Waals surface area contributed by atoms with Crippen molar-refractivity contribution in [3.8, 4) is 6.07 Å². The van der Waals surface area contributed by atoms with E-state index in [0.717, 1.165) is 19.0 Å². The molecule has 0 N–H and O–H groups in total. The van der Waals surface area contributed by atoms with Gasteiger partial charge in [-0.3, -0.25) is 4.90 Å². The summed E-state index contributed by atoms with van der Waals surface area (Å²) in [6, 6.07) is 2.12. The topological polar surface area (TPSA) is 27.0 Å². The Kier molecular flexibility index (Phi) is 1.50. The molecule has 2 nitrogen and oxygen atoms in total. The van der Waals surface area contributed by atoms with E-state index in [4.69, 9.17) is 5.26 Å². The summed E-state index contributed by atoms with van der Waals surface area (Å²) in [6.07, 6.45) is 0. The lowest BCUT2D eigenvalue weighted by molar-refractivity contribution is 0.131. The molecule has 1 heterocycles. The quantitative estimate of drug-likeness (QED) is 0.458. The Hall–Kier alpha value is -0.550. The summed E-state index contributed by atoms with van der Waals surface area (Å²) in [6.45, 7) is 5.05. The summed E-state index contributed by atoms with van der Waals surface area (Å²) >= 11 is 0. The van der Waals surface area contributed by atoms with Gasteiger partial charge < -0.3 is 0 Å². The molecule has 0 amide bonds. The van der Waals surface area contributed by atoms with Crippen LogP contribution in [0.15, 0.2) is 0 Å². The second-order valence-corrected chi connectivity index (χ2v) is 2.46. The number of nitrogens with zero attached hydrogens (tertiary/aromatic N) is 2. The summed E-state index contributed by atoms with van der Waals surface area (Å²) in [5.74, 6) is 0.823. The molecule has 2 heteroatoms. The lowest BCUT2D eigenvalue weighted by atomic mass is 10.0. The smallest absolute Gasteiger partial charge is 0.0866 e. The van der Waals surface area contributed by atoms with Crippen molar-refractivity contribution in [2.45, 2.75) is 6.92 Å². The van der Waals surface area contributed by atoms with Crippen LogP contribution in [0.2, 0.25) is 0 Å². The molecule has 1 aliphatic rings. The van der Waals surface area contributed by atoms with Crippen molar-refractivity contribution in [2.24, 2.45) is 5.92 Å². The maximum Gasteiger partial charge on any atom is 0.0866 e. The minimum Gasteiger partial charge on any atom is -0.290 e. The van der Waals surface area contributed by atoms with Crippen LogP contribution in [-0.4, -0.2) is 24.5 Å². The lowest BCUT2D eigenvalue weighted by Crippen LogP contribution is -2.44. The van der Waals surface area contributed by atoms with Gasteiger partial charge in [-0.2, -0.15) is 5.26 Å². The molecule has 0 aliphatic carbocycles.